The summed E-state index contributed by atoms with van der Waals surface area (Å²) in [5.74, 6) is 0. The summed E-state index contributed by atoms with van der Waals surface area (Å²) in [5.41, 5.74) is 3.16. The largest absolute Gasteiger partial charge is 0.0770 e. The van der Waals surface area contributed by atoms with Crippen molar-refractivity contribution in [3.8, 4) is 0 Å². The summed E-state index contributed by atoms with van der Waals surface area (Å²) >= 11 is 0. The van der Waals surface area contributed by atoms with Crippen LogP contribution in [-0.4, -0.2) is 0 Å². The van der Waals surface area contributed by atoms with E-state index in [2.05, 4.69) is 72.8 Å². The molecule has 17 heavy (non-hydrogen) atoms. The predicted molar refractivity (Wildman–Crippen MR) is 71.9 cm³/mol. The maximum absolute atomic E-state index is 2.34. The number of hydrogen-bond donors (Lipinski definition) is 0. The van der Waals surface area contributed by atoms with E-state index in [0.717, 1.165) is 12.8 Å². The van der Waals surface area contributed by atoms with Crippen LogP contribution < -0.4 is 0 Å². The molecule has 0 saturated carbocycles. The minimum absolute atomic E-state index is 0.308. The standard InChI is InChI=1S/C17H16/c1-3-7-15(8-4-1)13-17(11-12-17)14-16-9-5-2-6-10-16/h1-12H,13-14H2. The lowest BCUT2D eigenvalue weighted by molar-refractivity contribution is 0.564. The van der Waals surface area contributed by atoms with Crippen molar-refractivity contribution in [2.24, 2.45) is 5.41 Å². The van der Waals surface area contributed by atoms with Gasteiger partial charge >= 0.3 is 0 Å². The number of hydrogen-bond acceptors (Lipinski definition) is 0. The lowest BCUT2D eigenvalue weighted by atomic mass is 9.88. The minimum Gasteiger partial charge on any atom is -0.0770 e. The summed E-state index contributed by atoms with van der Waals surface area (Å²) < 4.78 is 0. The van der Waals surface area contributed by atoms with Gasteiger partial charge in [0, 0.05) is 5.41 Å². The van der Waals surface area contributed by atoms with Crippen LogP contribution in [0.1, 0.15) is 11.1 Å². The van der Waals surface area contributed by atoms with Crippen LogP contribution in [0.3, 0.4) is 0 Å². The van der Waals surface area contributed by atoms with E-state index in [0.29, 0.717) is 5.41 Å². The zero-order chi connectivity index (χ0) is 11.6. The van der Waals surface area contributed by atoms with Gasteiger partial charge in [0.05, 0.1) is 0 Å². The van der Waals surface area contributed by atoms with Gasteiger partial charge in [0.2, 0.25) is 0 Å². The van der Waals surface area contributed by atoms with Crippen LogP contribution >= 0.6 is 0 Å². The first-order valence-corrected chi connectivity index (χ1v) is 6.15. The average Bonchev–Trinajstić information content (AvgIpc) is 3.11. The van der Waals surface area contributed by atoms with Crippen molar-refractivity contribution < 1.29 is 0 Å². The Kier molecular flexibility index (Phi) is 2.56. The molecule has 0 fully saturated rings. The molecule has 2 aromatic carbocycles. The summed E-state index contributed by atoms with van der Waals surface area (Å²) in [7, 11) is 0. The zero-order valence-electron chi connectivity index (χ0n) is 9.84. The highest BCUT2D eigenvalue weighted by Gasteiger charge is 2.33. The molecule has 0 heteroatoms. The molecular formula is C17H16. The maximum atomic E-state index is 2.34. The van der Waals surface area contributed by atoms with Gasteiger partial charge in [0.15, 0.2) is 0 Å². The summed E-state index contributed by atoms with van der Waals surface area (Å²) in [6, 6.07) is 21.5. The Morgan fingerprint density at radius 2 is 1.00 bits per heavy atom. The Bertz CT molecular complexity index is 459. The number of allylic oxidation sites excluding steroid dienone is 2. The van der Waals surface area contributed by atoms with Crippen molar-refractivity contribution in [3.05, 3.63) is 83.9 Å². The molecule has 0 atom stereocenters. The second-order valence-electron chi connectivity index (χ2n) is 4.89. The first kappa shape index (κ1) is 10.3. The fraction of sp³-hybridized carbons (Fsp3) is 0.176. The average molecular weight is 220 g/mol. The number of rotatable bonds is 4. The Hall–Kier alpha value is -1.82. The molecule has 0 saturated heterocycles. The van der Waals surface area contributed by atoms with E-state index in [-0.39, 0.29) is 0 Å². The first-order valence-electron chi connectivity index (χ1n) is 6.15. The molecule has 0 spiro atoms. The van der Waals surface area contributed by atoms with Crippen LogP contribution in [0, 0.1) is 5.41 Å². The molecule has 2 aromatic rings. The van der Waals surface area contributed by atoms with Crippen LogP contribution in [0.25, 0.3) is 0 Å². The van der Waals surface area contributed by atoms with E-state index in [1.165, 1.54) is 11.1 Å². The summed E-state index contributed by atoms with van der Waals surface area (Å²) in [5, 5.41) is 0. The van der Waals surface area contributed by atoms with Crippen molar-refractivity contribution in [3.63, 3.8) is 0 Å². The van der Waals surface area contributed by atoms with Gasteiger partial charge in [-0.25, -0.2) is 0 Å². The van der Waals surface area contributed by atoms with Gasteiger partial charge < -0.3 is 0 Å². The molecule has 0 aromatic heterocycles. The molecule has 0 aliphatic heterocycles. The summed E-state index contributed by atoms with van der Waals surface area (Å²) in [4.78, 5) is 0. The highest BCUT2D eigenvalue weighted by molar-refractivity contribution is 5.35. The van der Waals surface area contributed by atoms with Gasteiger partial charge in [-0.05, 0) is 24.0 Å². The van der Waals surface area contributed by atoms with Gasteiger partial charge in [-0.3, -0.25) is 0 Å². The second kappa shape index (κ2) is 4.21. The molecule has 0 unspecified atom stereocenters. The van der Waals surface area contributed by atoms with Crippen LogP contribution in [0.4, 0.5) is 0 Å². The third-order valence-electron chi connectivity index (χ3n) is 3.39. The Labute approximate surface area is 103 Å². The van der Waals surface area contributed by atoms with Gasteiger partial charge in [-0.15, -0.1) is 0 Å². The van der Waals surface area contributed by atoms with Gasteiger partial charge in [-0.2, -0.15) is 0 Å². The molecule has 0 radical (unpaired) electrons. The Morgan fingerprint density at radius 3 is 1.35 bits per heavy atom. The lowest BCUT2D eigenvalue weighted by Gasteiger charge is -2.16. The monoisotopic (exact) mass is 220 g/mol. The molecule has 1 aliphatic carbocycles. The van der Waals surface area contributed by atoms with E-state index < -0.39 is 0 Å². The van der Waals surface area contributed by atoms with Gasteiger partial charge in [-0.1, -0.05) is 72.8 Å². The van der Waals surface area contributed by atoms with Crippen molar-refractivity contribution in [1.82, 2.24) is 0 Å². The highest BCUT2D eigenvalue weighted by Crippen LogP contribution is 2.41. The SMILES string of the molecule is C1=CC1(Cc1ccccc1)Cc1ccccc1. The number of benzene rings is 2. The van der Waals surface area contributed by atoms with E-state index >= 15 is 0 Å². The lowest BCUT2D eigenvalue weighted by Crippen LogP contribution is -2.10. The van der Waals surface area contributed by atoms with Gasteiger partial charge in [0.25, 0.3) is 0 Å². The topological polar surface area (TPSA) is 0 Å². The summed E-state index contributed by atoms with van der Waals surface area (Å²) in [6.45, 7) is 0. The highest BCUT2D eigenvalue weighted by atomic mass is 14.4. The Morgan fingerprint density at radius 1 is 0.588 bits per heavy atom. The van der Waals surface area contributed by atoms with Crippen molar-refractivity contribution in [2.45, 2.75) is 12.8 Å². The molecule has 1 aliphatic rings. The molecule has 0 nitrogen and oxygen atoms in total. The second-order valence-corrected chi connectivity index (χ2v) is 4.89. The fourth-order valence-corrected chi connectivity index (χ4v) is 2.37. The molecule has 0 bridgehead atoms. The quantitative estimate of drug-likeness (QED) is 0.682. The fourth-order valence-electron chi connectivity index (χ4n) is 2.37. The van der Waals surface area contributed by atoms with Crippen LogP contribution in [-0.2, 0) is 12.8 Å². The van der Waals surface area contributed by atoms with E-state index in [4.69, 9.17) is 0 Å². The third kappa shape index (κ3) is 2.47. The predicted octanol–water partition coefficient (Wildman–Crippen LogP) is 4.03. The van der Waals surface area contributed by atoms with E-state index in [1.807, 2.05) is 0 Å². The molecule has 0 N–H and O–H groups in total. The van der Waals surface area contributed by atoms with Gasteiger partial charge in [0.1, 0.15) is 0 Å². The molecule has 84 valence electrons. The zero-order valence-corrected chi connectivity index (χ0v) is 9.84. The smallest absolute Gasteiger partial charge is 0.0142 e. The maximum Gasteiger partial charge on any atom is 0.0142 e. The molecule has 3 rings (SSSR count). The Balaban J connectivity index is 1.71. The first-order chi connectivity index (χ1) is 8.36. The minimum atomic E-state index is 0.308. The van der Waals surface area contributed by atoms with E-state index in [9.17, 15) is 0 Å². The van der Waals surface area contributed by atoms with Crippen molar-refractivity contribution >= 4 is 0 Å². The van der Waals surface area contributed by atoms with Crippen LogP contribution in [0.2, 0.25) is 0 Å². The summed E-state index contributed by atoms with van der Waals surface area (Å²) in [6.07, 6.45) is 6.94. The molecular weight excluding hydrogens is 204 g/mol. The van der Waals surface area contributed by atoms with Crippen LogP contribution in [0.15, 0.2) is 72.8 Å². The van der Waals surface area contributed by atoms with Crippen molar-refractivity contribution in [1.29, 1.82) is 0 Å². The third-order valence-corrected chi connectivity index (χ3v) is 3.39. The molecule has 0 heterocycles. The normalized spacial score (nSPS) is 15.8. The van der Waals surface area contributed by atoms with Crippen molar-refractivity contribution in [2.75, 3.05) is 0 Å². The van der Waals surface area contributed by atoms with E-state index in [1.54, 1.807) is 0 Å². The van der Waals surface area contributed by atoms with Crippen LogP contribution in [0.5, 0.6) is 0 Å². The molecule has 0 amide bonds.